The maximum absolute atomic E-state index is 4.34. The Morgan fingerprint density at radius 2 is 2.00 bits per heavy atom. The van der Waals surface area contributed by atoms with Crippen LogP contribution in [-0.4, -0.2) is 14.8 Å². The molecule has 1 aromatic heterocycles. The van der Waals surface area contributed by atoms with Gasteiger partial charge in [-0.2, -0.15) is 0 Å². The largest absolute Gasteiger partial charge is 0.308 e. The maximum atomic E-state index is 4.34. The van der Waals surface area contributed by atoms with Gasteiger partial charge in [-0.15, -0.1) is 10.2 Å². The molecular weight excluding hydrogens is 358 g/mol. The van der Waals surface area contributed by atoms with Crippen molar-refractivity contribution >= 4 is 31.9 Å². The number of hydrogen-bond donors (Lipinski definition) is 0. The number of alkyl halides is 1. The van der Waals surface area contributed by atoms with E-state index < -0.39 is 0 Å². The van der Waals surface area contributed by atoms with Crippen LogP contribution in [0.4, 0.5) is 0 Å². The first-order chi connectivity index (χ1) is 8.54. The Balaban J connectivity index is 2.60. The Morgan fingerprint density at radius 1 is 1.28 bits per heavy atom. The van der Waals surface area contributed by atoms with Gasteiger partial charge in [0.15, 0.2) is 5.82 Å². The molecule has 0 bridgehead atoms. The average Bonchev–Trinajstić information content (AvgIpc) is 2.72. The van der Waals surface area contributed by atoms with Gasteiger partial charge in [0.2, 0.25) is 0 Å². The Hall–Kier alpha value is -0.680. The van der Waals surface area contributed by atoms with Crippen molar-refractivity contribution < 1.29 is 0 Å². The van der Waals surface area contributed by atoms with E-state index in [4.69, 9.17) is 0 Å². The van der Waals surface area contributed by atoms with E-state index in [2.05, 4.69) is 79.5 Å². The van der Waals surface area contributed by atoms with Crippen molar-refractivity contribution in [3.8, 4) is 11.4 Å². The summed E-state index contributed by atoms with van der Waals surface area (Å²) in [5.74, 6) is 1.90. The third-order valence-electron chi connectivity index (χ3n) is 2.83. The topological polar surface area (TPSA) is 30.7 Å². The van der Waals surface area contributed by atoms with Crippen molar-refractivity contribution in [1.29, 1.82) is 0 Å². The summed E-state index contributed by atoms with van der Waals surface area (Å²) in [6.45, 7) is 6.38. The van der Waals surface area contributed by atoms with Gasteiger partial charge in [-0.1, -0.05) is 31.9 Å². The second kappa shape index (κ2) is 5.53. The number of halogens is 2. The fourth-order valence-corrected chi connectivity index (χ4v) is 2.88. The summed E-state index contributed by atoms with van der Waals surface area (Å²) in [4.78, 5) is 0. The molecule has 0 aliphatic carbocycles. The van der Waals surface area contributed by atoms with Crippen LogP contribution in [0.5, 0.6) is 0 Å². The summed E-state index contributed by atoms with van der Waals surface area (Å²) in [6, 6.07) is 6.56. The summed E-state index contributed by atoms with van der Waals surface area (Å²) >= 11 is 6.95. The van der Waals surface area contributed by atoms with Gasteiger partial charge < -0.3 is 4.57 Å². The van der Waals surface area contributed by atoms with Crippen molar-refractivity contribution in [3.63, 3.8) is 0 Å². The molecule has 1 heterocycles. The Morgan fingerprint density at radius 3 is 2.56 bits per heavy atom. The second-order valence-corrected chi connectivity index (χ2v) is 5.97. The van der Waals surface area contributed by atoms with Crippen molar-refractivity contribution in [2.45, 2.75) is 32.1 Å². The molecule has 5 heteroatoms. The molecule has 96 valence electrons. The molecule has 2 aromatic rings. The van der Waals surface area contributed by atoms with Crippen LogP contribution in [0.3, 0.4) is 0 Å². The van der Waals surface area contributed by atoms with Crippen LogP contribution in [0, 0.1) is 6.92 Å². The van der Waals surface area contributed by atoms with E-state index in [-0.39, 0.29) is 0 Å². The Labute approximate surface area is 124 Å². The van der Waals surface area contributed by atoms with Crippen LogP contribution in [-0.2, 0) is 5.33 Å². The summed E-state index contributed by atoms with van der Waals surface area (Å²) in [7, 11) is 0. The highest BCUT2D eigenvalue weighted by Crippen LogP contribution is 2.28. The molecule has 3 nitrogen and oxygen atoms in total. The van der Waals surface area contributed by atoms with Gasteiger partial charge in [-0.05, 0) is 44.5 Å². The molecule has 0 atom stereocenters. The smallest absolute Gasteiger partial charge is 0.164 e. The molecule has 1 aromatic carbocycles. The Bertz CT molecular complexity index is 561. The van der Waals surface area contributed by atoms with Gasteiger partial charge >= 0.3 is 0 Å². The van der Waals surface area contributed by atoms with E-state index in [0.717, 1.165) is 21.7 Å². The molecule has 0 aliphatic heterocycles. The monoisotopic (exact) mass is 371 g/mol. The van der Waals surface area contributed by atoms with E-state index in [0.29, 0.717) is 11.4 Å². The van der Waals surface area contributed by atoms with Gasteiger partial charge in [-0.25, -0.2) is 0 Å². The third-order valence-corrected chi connectivity index (χ3v) is 3.83. The lowest BCUT2D eigenvalue weighted by atomic mass is 10.1. The van der Waals surface area contributed by atoms with Crippen molar-refractivity contribution in [2.24, 2.45) is 0 Å². The predicted molar refractivity (Wildman–Crippen MR) is 80.9 cm³/mol. The third kappa shape index (κ3) is 2.52. The minimum absolute atomic E-state index is 0.339. The van der Waals surface area contributed by atoms with Crippen LogP contribution in [0.15, 0.2) is 22.7 Å². The predicted octanol–water partition coefficient (Wildman–Crippen LogP) is 4.49. The van der Waals surface area contributed by atoms with Crippen molar-refractivity contribution in [2.75, 3.05) is 0 Å². The molecule has 0 unspecified atom stereocenters. The summed E-state index contributed by atoms with van der Waals surface area (Å²) in [5, 5.41) is 9.30. The summed E-state index contributed by atoms with van der Waals surface area (Å²) in [6.07, 6.45) is 0. The number of aryl methyl sites for hydroxylation is 1. The van der Waals surface area contributed by atoms with Gasteiger partial charge in [0, 0.05) is 16.1 Å². The minimum Gasteiger partial charge on any atom is -0.308 e. The van der Waals surface area contributed by atoms with Gasteiger partial charge in [-0.3, -0.25) is 0 Å². The molecule has 0 N–H and O–H groups in total. The fraction of sp³-hybridized carbons (Fsp3) is 0.385. The zero-order chi connectivity index (χ0) is 13.3. The number of nitrogens with zero attached hydrogens (tertiary/aromatic N) is 3. The SMILES string of the molecule is Cc1cc(Br)ccc1-c1nnc(CBr)n1C(C)C. The van der Waals surface area contributed by atoms with Crippen LogP contribution < -0.4 is 0 Å². The number of benzene rings is 1. The molecule has 0 amide bonds. The highest BCUT2D eigenvalue weighted by molar-refractivity contribution is 9.10. The molecule has 0 saturated carbocycles. The molecule has 2 rings (SSSR count). The normalized spacial score (nSPS) is 11.2. The minimum atomic E-state index is 0.339. The molecule has 18 heavy (non-hydrogen) atoms. The van der Waals surface area contributed by atoms with E-state index >= 15 is 0 Å². The fourth-order valence-electron chi connectivity index (χ4n) is 2.02. The van der Waals surface area contributed by atoms with Crippen molar-refractivity contribution in [1.82, 2.24) is 14.8 Å². The van der Waals surface area contributed by atoms with Gasteiger partial charge in [0.05, 0.1) is 5.33 Å². The summed E-state index contributed by atoms with van der Waals surface area (Å²) in [5.41, 5.74) is 2.33. The average molecular weight is 373 g/mol. The van der Waals surface area contributed by atoms with E-state index in [1.54, 1.807) is 0 Å². The van der Waals surface area contributed by atoms with Gasteiger partial charge in [0.1, 0.15) is 5.82 Å². The lowest BCUT2D eigenvalue weighted by Crippen LogP contribution is -2.07. The first-order valence-electron chi connectivity index (χ1n) is 5.81. The molecular formula is C13H15Br2N3. The second-order valence-electron chi connectivity index (χ2n) is 4.50. The first-order valence-corrected chi connectivity index (χ1v) is 7.72. The van der Waals surface area contributed by atoms with Crippen LogP contribution >= 0.6 is 31.9 Å². The van der Waals surface area contributed by atoms with Crippen LogP contribution in [0.2, 0.25) is 0 Å². The van der Waals surface area contributed by atoms with E-state index in [1.165, 1.54) is 5.56 Å². The van der Waals surface area contributed by atoms with Crippen molar-refractivity contribution in [3.05, 3.63) is 34.1 Å². The highest BCUT2D eigenvalue weighted by Gasteiger charge is 2.16. The molecule has 0 radical (unpaired) electrons. The first kappa shape index (κ1) is 13.7. The number of aromatic nitrogens is 3. The molecule has 0 spiro atoms. The van der Waals surface area contributed by atoms with E-state index in [1.807, 2.05) is 6.07 Å². The molecule has 0 saturated heterocycles. The lowest BCUT2D eigenvalue weighted by molar-refractivity contribution is 0.586. The number of hydrogen-bond acceptors (Lipinski definition) is 2. The summed E-state index contributed by atoms with van der Waals surface area (Å²) < 4.78 is 3.26. The Kier molecular flexibility index (Phi) is 4.22. The van der Waals surface area contributed by atoms with Crippen LogP contribution in [0.25, 0.3) is 11.4 Å². The standard InChI is InChI=1S/C13H15Br2N3/c1-8(2)18-12(7-14)16-17-13(18)11-5-4-10(15)6-9(11)3/h4-6,8H,7H2,1-3H3. The lowest BCUT2D eigenvalue weighted by Gasteiger charge is -2.14. The number of rotatable bonds is 3. The van der Waals surface area contributed by atoms with Gasteiger partial charge in [0.25, 0.3) is 0 Å². The molecule has 0 aliphatic rings. The van der Waals surface area contributed by atoms with E-state index in [9.17, 15) is 0 Å². The molecule has 0 fully saturated rings. The maximum Gasteiger partial charge on any atom is 0.164 e. The zero-order valence-corrected chi connectivity index (χ0v) is 13.8. The van der Waals surface area contributed by atoms with Crippen LogP contribution in [0.1, 0.15) is 31.3 Å². The zero-order valence-electron chi connectivity index (χ0n) is 10.6. The highest BCUT2D eigenvalue weighted by atomic mass is 79.9. The quantitative estimate of drug-likeness (QED) is 0.743.